The molecule has 6 heteroatoms. The maximum absolute atomic E-state index is 11.4. The Morgan fingerprint density at radius 2 is 1.67 bits per heavy atom. The van der Waals surface area contributed by atoms with E-state index in [0.717, 1.165) is 43.6 Å². The van der Waals surface area contributed by atoms with E-state index < -0.39 is 0 Å². The molecule has 0 spiro atoms. The number of carbonyl (C=O) groups is 1. The van der Waals surface area contributed by atoms with Crippen molar-refractivity contribution in [3.63, 3.8) is 0 Å². The second-order valence-corrected chi connectivity index (χ2v) is 10.3. The summed E-state index contributed by atoms with van der Waals surface area (Å²) in [4.78, 5) is 11.4. The van der Waals surface area contributed by atoms with Crippen molar-refractivity contribution in [3.05, 3.63) is 0 Å². The summed E-state index contributed by atoms with van der Waals surface area (Å²) in [7, 11) is 1.40. The molecule has 2 aliphatic rings. The first-order chi connectivity index (χ1) is 14.6. The van der Waals surface area contributed by atoms with Crippen LogP contribution in [0.15, 0.2) is 0 Å². The Labute approximate surface area is 188 Å². The summed E-state index contributed by atoms with van der Waals surface area (Å²) in [5.41, 5.74) is 0. The largest absolute Gasteiger partial charge is 0.381 e. The molecule has 1 N–H and O–H groups in total. The van der Waals surface area contributed by atoms with Gasteiger partial charge in [-0.05, 0) is 74.7 Å². The van der Waals surface area contributed by atoms with Crippen molar-refractivity contribution >= 4 is 17.7 Å². The molecular formula is C24H45NO4S. The number of carbonyl (C=O) groups excluding carboxylic acids is 1. The zero-order valence-corrected chi connectivity index (χ0v) is 20.2. The Morgan fingerprint density at radius 1 is 0.967 bits per heavy atom. The van der Waals surface area contributed by atoms with Crippen molar-refractivity contribution in [2.24, 2.45) is 11.8 Å². The molecule has 2 aliphatic heterocycles. The van der Waals surface area contributed by atoms with Crippen LogP contribution in [0.25, 0.3) is 0 Å². The molecule has 5 nitrogen and oxygen atoms in total. The van der Waals surface area contributed by atoms with Crippen LogP contribution in [0.1, 0.15) is 90.4 Å². The lowest BCUT2D eigenvalue weighted by Crippen LogP contribution is -2.27. The van der Waals surface area contributed by atoms with E-state index in [1.54, 1.807) is 0 Å². The predicted molar refractivity (Wildman–Crippen MR) is 124 cm³/mol. The topological polar surface area (TPSA) is 59.0 Å². The third kappa shape index (κ3) is 9.46. The lowest BCUT2D eigenvalue weighted by atomic mass is 9.75. The molecule has 2 rings (SSSR count). The van der Waals surface area contributed by atoms with Crippen molar-refractivity contribution in [1.29, 1.82) is 0 Å². The molecule has 2 heterocycles. The normalized spacial score (nSPS) is 25.2. The lowest BCUT2D eigenvalue weighted by molar-refractivity contribution is -0.159. The average molecular weight is 444 g/mol. The molecule has 0 unspecified atom stereocenters. The van der Waals surface area contributed by atoms with Crippen LogP contribution in [0.2, 0.25) is 0 Å². The van der Waals surface area contributed by atoms with Gasteiger partial charge in [-0.15, -0.1) is 0 Å². The molecule has 0 saturated carbocycles. The summed E-state index contributed by atoms with van der Waals surface area (Å²) in [5, 5.41) is 9.76. The van der Waals surface area contributed by atoms with Gasteiger partial charge in [0.2, 0.25) is 5.91 Å². The van der Waals surface area contributed by atoms with Gasteiger partial charge in [0.1, 0.15) is 0 Å². The summed E-state index contributed by atoms with van der Waals surface area (Å²) in [6.07, 6.45) is 16.0. The van der Waals surface area contributed by atoms with Crippen LogP contribution >= 0.6 is 11.8 Å². The van der Waals surface area contributed by atoms with Crippen molar-refractivity contribution < 1.29 is 19.5 Å². The van der Waals surface area contributed by atoms with Crippen molar-refractivity contribution in [1.82, 2.24) is 5.06 Å². The number of thioether (sulfide) groups is 1. The minimum atomic E-state index is -0.191. The number of hydrogen-bond acceptors (Lipinski definition) is 5. The zero-order valence-electron chi connectivity index (χ0n) is 19.4. The van der Waals surface area contributed by atoms with Gasteiger partial charge in [-0.25, -0.2) is 5.06 Å². The highest BCUT2D eigenvalue weighted by Crippen LogP contribution is 2.47. The van der Waals surface area contributed by atoms with Gasteiger partial charge < -0.3 is 9.47 Å². The summed E-state index contributed by atoms with van der Waals surface area (Å²) in [5.74, 6) is 3.61. The van der Waals surface area contributed by atoms with Crippen molar-refractivity contribution in [2.45, 2.75) is 103 Å². The molecular weight excluding hydrogens is 398 g/mol. The standard InChI is InChI=1S/C24H45NO4S/c1-3-4-5-8-16-28-17-9-6-11-20-21(23-14-13-22(20)29-23)15-19-30-18-10-7-12-24(26)25(2)27/h20-23,27H,3-19H2,1-2H3/t20-,21+,22-,23+/m1/s1. The number of amides is 1. The second-order valence-electron chi connectivity index (χ2n) is 9.06. The number of ether oxygens (including phenoxy) is 2. The number of rotatable bonds is 18. The van der Waals surface area contributed by atoms with Crippen LogP contribution in [0, 0.1) is 11.8 Å². The quantitative estimate of drug-likeness (QED) is 0.168. The monoisotopic (exact) mass is 443 g/mol. The van der Waals surface area contributed by atoms with E-state index in [4.69, 9.17) is 14.7 Å². The zero-order chi connectivity index (χ0) is 21.6. The number of fused-ring (bicyclic) bond motifs is 2. The van der Waals surface area contributed by atoms with Gasteiger partial charge in [-0.1, -0.05) is 32.6 Å². The minimum absolute atomic E-state index is 0.191. The number of unbranched alkanes of at least 4 members (excludes halogenated alkanes) is 5. The first kappa shape index (κ1) is 26.0. The highest BCUT2D eigenvalue weighted by molar-refractivity contribution is 7.99. The highest BCUT2D eigenvalue weighted by atomic mass is 32.2. The molecule has 30 heavy (non-hydrogen) atoms. The Kier molecular flexibility index (Phi) is 13.4. The highest BCUT2D eigenvalue weighted by Gasteiger charge is 2.47. The molecule has 176 valence electrons. The van der Waals surface area contributed by atoms with Crippen LogP contribution in [0.5, 0.6) is 0 Å². The van der Waals surface area contributed by atoms with E-state index in [0.29, 0.717) is 23.7 Å². The summed E-state index contributed by atoms with van der Waals surface area (Å²) < 4.78 is 12.1. The maximum atomic E-state index is 11.4. The fraction of sp³-hybridized carbons (Fsp3) is 0.958. The fourth-order valence-electron chi connectivity index (χ4n) is 4.95. The van der Waals surface area contributed by atoms with Crippen LogP contribution < -0.4 is 0 Å². The van der Waals surface area contributed by atoms with Crippen LogP contribution in [-0.2, 0) is 14.3 Å². The molecule has 0 aliphatic carbocycles. The molecule has 0 aromatic carbocycles. The minimum Gasteiger partial charge on any atom is -0.381 e. The Morgan fingerprint density at radius 3 is 2.37 bits per heavy atom. The Balaban J connectivity index is 1.51. The summed E-state index contributed by atoms with van der Waals surface area (Å²) >= 11 is 2.01. The van der Waals surface area contributed by atoms with Gasteiger partial charge in [0.15, 0.2) is 0 Å². The van der Waals surface area contributed by atoms with Crippen LogP contribution in [-0.4, -0.2) is 60.2 Å². The molecule has 1 amide bonds. The number of hydrogen-bond donors (Lipinski definition) is 1. The van der Waals surface area contributed by atoms with Gasteiger partial charge in [-0.3, -0.25) is 10.0 Å². The van der Waals surface area contributed by atoms with Gasteiger partial charge in [0, 0.05) is 26.7 Å². The Bertz CT molecular complexity index is 462. The molecule has 2 fully saturated rings. The lowest BCUT2D eigenvalue weighted by Gasteiger charge is -2.28. The average Bonchev–Trinajstić information content (AvgIpc) is 3.33. The van der Waals surface area contributed by atoms with Crippen LogP contribution in [0.3, 0.4) is 0 Å². The smallest absolute Gasteiger partial charge is 0.245 e. The molecule has 0 aromatic heterocycles. The van der Waals surface area contributed by atoms with Crippen molar-refractivity contribution in [3.8, 4) is 0 Å². The summed E-state index contributed by atoms with van der Waals surface area (Å²) in [6.45, 7) is 4.10. The Hall–Kier alpha value is -0.300. The van der Waals surface area contributed by atoms with Gasteiger partial charge in [0.05, 0.1) is 12.2 Å². The third-order valence-corrected chi connectivity index (χ3v) is 7.80. The molecule has 4 atom stereocenters. The molecule has 2 saturated heterocycles. The van der Waals surface area contributed by atoms with E-state index in [1.807, 2.05) is 11.8 Å². The SMILES string of the molecule is CCCCCCOCCCC[C@@H]1[C@H](CCSCCCCC(=O)N(C)O)[C@@H]2CC[C@H]1O2. The van der Waals surface area contributed by atoms with E-state index >= 15 is 0 Å². The number of nitrogens with zero attached hydrogens (tertiary/aromatic N) is 1. The van der Waals surface area contributed by atoms with E-state index in [9.17, 15) is 4.79 Å². The van der Waals surface area contributed by atoms with E-state index in [-0.39, 0.29) is 5.91 Å². The maximum Gasteiger partial charge on any atom is 0.245 e. The van der Waals surface area contributed by atoms with E-state index in [2.05, 4.69) is 6.92 Å². The number of hydroxylamine groups is 2. The van der Waals surface area contributed by atoms with E-state index in [1.165, 1.54) is 77.0 Å². The predicted octanol–water partition coefficient (Wildman–Crippen LogP) is 5.69. The van der Waals surface area contributed by atoms with Gasteiger partial charge in [-0.2, -0.15) is 11.8 Å². The first-order valence-electron chi connectivity index (χ1n) is 12.4. The first-order valence-corrected chi connectivity index (χ1v) is 13.5. The van der Waals surface area contributed by atoms with Crippen LogP contribution in [0.4, 0.5) is 0 Å². The third-order valence-electron chi connectivity index (χ3n) is 6.69. The molecule has 0 radical (unpaired) electrons. The molecule has 0 aromatic rings. The fourth-order valence-corrected chi connectivity index (χ4v) is 6.00. The summed E-state index contributed by atoms with van der Waals surface area (Å²) in [6, 6.07) is 0. The van der Waals surface area contributed by atoms with Gasteiger partial charge in [0.25, 0.3) is 0 Å². The second kappa shape index (κ2) is 15.5. The molecule has 2 bridgehead atoms. The van der Waals surface area contributed by atoms with Gasteiger partial charge >= 0.3 is 0 Å². The van der Waals surface area contributed by atoms with Crippen molar-refractivity contribution in [2.75, 3.05) is 31.8 Å².